The molecular formula is C21H24ClN3O3S. The second-order valence-electron chi connectivity index (χ2n) is 7.00. The molecule has 0 radical (unpaired) electrons. The Morgan fingerprint density at radius 2 is 1.62 bits per heavy atom. The van der Waals surface area contributed by atoms with Crippen molar-refractivity contribution in [2.75, 3.05) is 12.4 Å². The van der Waals surface area contributed by atoms with Gasteiger partial charge >= 0.3 is 0 Å². The molecule has 1 N–H and O–H groups in total. The third-order valence-electron chi connectivity index (χ3n) is 3.84. The third-order valence-corrected chi connectivity index (χ3v) is 5.47. The third kappa shape index (κ3) is 6.13. The van der Waals surface area contributed by atoms with Gasteiger partial charge in [0.25, 0.3) is 0 Å². The fourth-order valence-corrected chi connectivity index (χ4v) is 3.57. The lowest BCUT2D eigenvalue weighted by atomic mass is 10.2. The molecule has 0 unspecified atom stereocenters. The van der Waals surface area contributed by atoms with Crippen LogP contribution in [0.3, 0.4) is 0 Å². The highest BCUT2D eigenvalue weighted by Crippen LogP contribution is 2.27. The van der Waals surface area contributed by atoms with E-state index in [0.717, 1.165) is 11.4 Å². The lowest BCUT2D eigenvalue weighted by Gasteiger charge is -2.16. The lowest BCUT2D eigenvalue weighted by Crippen LogP contribution is -2.22. The maximum atomic E-state index is 10.1. The number of ether oxygens (including phenoxy) is 2. The monoisotopic (exact) mass is 433 g/mol. The van der Waals surface area contributed by atoms with Gasteiger partial charge in [-0.05, 0) is 69.3 Å². The highest BCUT2D eigenvalue weighted by Gasteiger charge is 2.19. The fraction of sp³-hybridized carbons (Fsp3) is 0.333. The van der Waals surface area contributed by atoms with E-state index in [9.17, 15) is 5.11 Å². The number of benzene rings is 2. The number of aromatic nitrogens is 3. The van der Waals surface area contributed by atoms with Gasteiger partial charge in [0.1, 0.15) is 18.1 Å². The minimum atomic E-state index is -0.819. The molecule has 154 valence electrons. The summed E-state index contributed by atoms with van der Waals surface area (Å²) in [6, 6.07) is 14.9. The molecule has 8 heteroatoms. The first kappa shape index (κ1) is 21.5. The Kier molecular flexibility index (Phi) is 7.05. The second kappa shape index (κ2) is 9.52. The maximum absolute atomic E-state index is 10.1. The zero-order valence-electron chi connectivity index (χ0n) is 16.6. The van der Waals surface area contributed by atoms with Gasteiger partial charge in [0.2, 0.25) is 0 Å². The SMILES string of the molecule is CCOc1ccc(OCc2nnc(SCC(C)(C)O)n2-c2ccc(Cl)cc2)cc1. The highest BCUT2D eigenvalue weighted by atomic mass is 35.5. The van der Waals surface area contributed by atoms with Crippen LogP contribution in [0.5, 0.6) is 11.5 Å². The predicted molar refractivity (Wildman–Crippen MR) is 115 cm³/mol. The van der Waals surface area contributed by atoms with Crippen LogP contribution in [-0.4, -0.2) is 37.8 Å². The topological polar surface area (TPSA) is 69.4 Å². The summed E-state index contributed by atoms with van der Waals surface area (Å²) in [6.45, 7) is 6.33. The summed E-state index contributed by atoms with van der Waals surface area (Å²) < 4.78 is 13.3. The molecule has 0 fully saturated rings. The zero-order valence-corrected chi connectivity index (χ0v) is 18.2. The molecule has 0 saturated heterocycles. The van der Waals surface area contributed by atoms with E-state index in [1.54, 1.807) is 13.8 Å². The molecule has 0 aliphatic carbocycles. The lowest BCUT2D eigenvalue weighted by molar-refractivity contribution is 0.107. The van der Waals surface area contributed by atoms with E-state index in [4.69, 9.17) is 21.1 Å². The molecule has 0 aliphatic rings. The number of rotatable bonds is 9. The van der Waals surface area contributed by atoms with Crippen LogP contribution < -0.4 is 9.47 Å². The number of halogens is 1. The molecule has 0 atom stereocenters. The summed E-state index contributed by atoms with van der Waals surface area (Å²) in [7, 11) is 0. The Bertz CT molecular complexity index is 922. The number of aliphatic hydroxyl groups is 1. The molecule has 0 saturated carbocycles. The van der Waals surface area contributed by atoms with Crippen molar-refractivity contribution in [2.24, 2.45) is 0 Å². The first-order valence-electron chi connectivity index (χ1n) is 9.27. The minimum Gasteiger partial charge on any atom is -0.494 e. The van der Waals surface area contributed by atoms with Crippen molar-refractivity contribution in [3.63, 3.8) is 0 Å². The fourth-order valence-electron chi connectivity index (χ4n) is 2.52. The van der Waals surface area contributed by atoms with Gasteiger partial charge < -0.3 is 14.6 Å². The van der Waals surface area contributed by atoms with Gasteiger partial charge in [-0.2, -0.15) is 0 Å². The van der Waals surface area contributed by atoms with E-state index in [0.29, 0.717) is 34.1 Å². The molecule has 2 aromatic carbocycles. The molecule has 0 bridgehead atoms. The summed E-state index contributed by atoms with van der Waals surface area (Å²) in [5.41, 5.74) is 0.0587. The van der Waals surface area contributed by atoms with Crippen LogP contribution in [0.2, 0.25) is 5.02 Å². The van der Waals surface area contributed by atoms with Gasteiger partial charge in [0, 0.05) is 16.5 Å². The molecular weight excluding hydrogens is 410 g/mol. The van der Waals surface area contributed by atoms with Gasteiger partial charge in [-0.1, -0.05) is 23.4 Å². The quantitative estimate of drug-likeness (QED) is 0.490. The Hall–Kier alpha value is -2.22. The molecule has 0 spiro atoms. The molecule has 1 heterocycles. The van der Waals surface area contributed by atoms with Gasteiger partial charge in [0.15, 0.2) is 11.0 Å². The van der Waals surface area contributed by atoms with Gasteiger partial charge in [-0.25, -0.2) is 0 Å². The number of hydrogen-bond acceptors (Lipinski definition) is 6. The predicted octanol–water partition coefficient (Wildman–Crippen LogP) is 4.76. The van der Waals surface area contributed by atoms with Crippen LogP contribution >= 0.6 is 23.4 Å². The van der Waals surface area contributed by atoms with Crippen molar-refractivity contribution in [1.82, 2.24) is 14.8 Å². The van der Waals surface area contributed by atoms with E-state index < -0.39 is 5.60 Å². The minimum absolute atomic E-state index is 0.243. The van der Waals surface area contributed by atoms with Crippen molar-refractivity contribution in [1.29, 1.82) is 0 Å². The van der Waals surface area contributed by atoms with E-state index in [1.807, 2.05) is 60.0 Å². The average Bonchev–Trinajstić information content (AvgIpc) is 3.09. The normalized spacial score (nSPS) is 11.5. The van der Waals surface area contributed by atoms with E-state index in [1.165, 1.54) is 11.8 Å². The molecule has 0 aliphatic heterocycles. The molecule has 3 rings (SSSR count). The van der Waals surface area contributed by atoms with Gasteiger partial charge in [-0.15, -0.1) is 10.2 Å². The van der Waals surface area contributed by atoms with Crippen LogP contribution in [0.1, 0.15) is 26.6 Å². The first-order chi connectivity index (χ1) is 13.9. The van der Waals surface area contributed by atoms with Crippen molar-refractivity contribution < 1.29 is 14.6 Å². The van der Waals surface area contributed by atoms with Crippen LogP contribution in [0.4, 0.5) is 0 Å². The smallest absolute Gasteiger partial charge is 0.196 e. The van der Waals surface area contributed by atoms with Crippen LogP contribution in [0.25, 0.3) is 5.69 Å². The van der Waals surface area contributed by atoms with Crippen molar-refractivity contribution in [3.8, 4) is 17.2 Å². The summed E-state index contributed by atoms with van der Waals surface area (Å²) in [5.74, 6) is 2.65. The largest absolute Gasteiger partial charge is 0.494 e. The molecule has 1 aromatic heterocycles. The first-order valence-corrected chi connectivity index (χ1v) is 10.6. The van der Waals surface area contributed by atoms with Crippen LogP contribution in [-0.2, 0) is 6.61 Å². The van der Waals surface area contributed by atoms with Gasteiger partial charge in [0.05, 0.1) is 12.2 Å². The number of thioether (sulfide) groups is 1. The molecule has 29 heavy (non-hydrogen) atoms. The van der Waals surface area contributed by atoms with E-state index >= 15 is 0 Å². The highest BCUT2D eigenvalue weighted by molar-refractivity contribution is 7.99. The average molecular weight is 434 g/mol. The summed E-state index contributed by atoms with van der Waals surface area (Å²) >= 11 is 7.47. The van der Waals surface area contributed by atoms with Crippen LogP contribution in [0, 0.1) is 0 Å². The summed E-state index contributed by atoms with van der Waals surface area (Å²) in [6.07, 6.45) is 0. The number of nitrogens with zero attached hydrogens (tertiary/aromatic N) is 3. The van der Waals surface area contributed by atoms with Crippen molar-refractivity contribution >= 4 is 23.4 Å². The number of hydrogen-bond donors (Lipinski definition) is 1. The Labute approximate surface area is 179 Å². The van der Waals surface area contributed by atoms with E-state index in [-0.39, 0.29) is 6.61 Å². The Balaban J connectivity index is 1.81. The molecule has 3 aromatic rings. The second-order valence-corrected chi connectivity index (χ2v) is 8.38. The summed E-state index contributed by atoms with van der Waals surface area (Å²) in [4.78, 5) is 0. The standard InChI is InChI=1S/C21H24ClN3O3S/c1-4-27-17-9-11-18(12-10-17)28-13-19-23-24-20(29-14-21(2,3)26)25(19)16-7-5-15(22)6-8-16/h5-12,26H,4,13-14H2,1-3H3. The van der Waals surface area contributed by atoms with Gasteiger partial charge in [-0.3, -0.25) is 4.57 Å². The Morgan fingerprint density at radius 1 is 1.00 bits per heavy atom. The van der Waals surface area contributed by atoms with Crippen molar-refractivity contribution in [3.05, 3.63) is 59.4 Å². The van der Waals surface area contributed by atoms with Crippen LogP contribution in [0.15, 0.2) is 53.7 Å². The summed E-state index contributed by atoms with van der Waals surface area (Å²) in [5, 5.41) is 20.0. The molecule has 6 nitrogen and oxygen atoms in total. The van der Waals surface area contributed by atoms with Crippen molar-refractivity contribution in [2.45, 2.75) is 38.1 Å². The maximum Gasteiger partial charge on any atom is 0.196 e. The van der Waals surface area contributed by atoms with E-state index in [2.05, 4.69) is 10.2 Å². The zero-order chi connectivity index (χ0) is 20.9. The molecule has 0 amide bonds. The Morgan fingerprint density at radius 3 is 2.21 bits per heavy atom.